The van der Waals surface area contributed by atoms with E-state index in [1.54, 1.807) is 0 Å². The van der Waals surface area contributed by atoms with E-state index in [2.05, 4.69) is 100 Å². The lowest BCUT2D eigenvalue weighted by molar-refractivity contribution is 0.643. The Bertz CT molecular complexity index is 1300. The Balaban J connectivity index is 1.86. The molecule has 0 nitrogen and oxygen atoms in total. The Hall–Kier alpha value is -2.86. The van der Waals surface area contributed by atoms with Crippen LogP contribution in [0, 0.1) is 0 Å². The summed E-state index contributed by atoms with van der Waals surface area (Å²) in [4.78, 5) is 0. The van der Waals surface area contributed by atoms with E-state index < -0.39 is 0 Å². The van der Waals surface area contributed by atoms with Crippen molar-refractivity contribution in [3.63, 3.8) is 0 Å². The second-order valence-electron chi connectivity index (χ2n) is 9.42. The summed E-state index contributed by atoms with van der Waals surface area (Å²) < 4.78 is 0. The van der Waals surface area contributed by atoms with Crippen LogP contribution in [-0.2, 0) is 10.8 Å². The van der Waals surface area contributed by atoms with Crippen LogP contribution in [0.25, 0.3) is 33.0 Å². The number of benzene rings is 4. The van der Waals surface area contributed by atoms with Gasteiger partial charge in [0.2, 0.25) is 0 Å². The van der Waals surface area contributed by atoms with Crippen LogP contribution in [0.3, 0.4) is 0 Å². The highest BCUT2D eigenvalue weighted by molar-refractivity contribution is 6.09. The Kier molecular flexibility index (Phi) is 2.85. The standard InChI is InChI=1S/C28H24/c1-27(2)22-13-7-5-10-17(22)20-16-21-18-11-6-8-14-23(18)28(3,4)26(21)19-12-9-15-24(27)25(19)20/h5-16H,1-4H3. The van der Waals surface area contributed by atoms with Crippen molar-refractivity contribution in [1.29, 1.82) is 0 Å². The SMILES string of the molecule is CC1(C)c2ccccc2-c2cc3c4c(cccc4c21)C(C)(C)c1ccccc1-3. The number of rotatable bonds is 0. The average Bonchev–Trinajstić information content (AvgIpc) is 2.94. The highest BCUT2D eigenvalue weighted by atomic mass is 14.4. The minimum absolute atomic E-state index is 0.00688. The molecule has 0 bridgehead atoms. The van der Waals surface area contributed by atoms with Gasteiger partial charge in [-0.3, -0.25) is 0 Å². The lowest BCUT2D eigenvalue weighted by atomic mass is 9.67. The van der Waals surface area contributed by atoms with Crippen molar-refractivity contribution < 1.29 is 0 Å². The molecule has 0 heteroatoms. The van der Waals surface area contributed by atoms with Gasteiger partial charge in [0.1, 0.15) is 0 Å². The molecule has 0 radical (unpaired) electrons. The van der Waals surface area contributed by atoms with E-state index in [4.69, 9.17) is 0 Å². The molecule has 0 aromatic heterocycles. The van der Waals surface area contributed by atoms with Crippen molar-refractivity contribution in [3.8, 4) is 22.3 Å². The second-order valence-corrected chi connectivity index (χ2v) is 9.42. The maximum Gasteiger partial charge on any atom is 0.0165 e. The van der Waals surface area contributed by atoms with Gasteiger partial charge in [0, 0.05) is 10.8 Å². The summed E-state index contributed by atoms with van der Waals surface area (Å²) in [6.07, 6.45) is 0. The van der Waals surface area contributed by atoms with E-state index in [1.165, 1.54) is 55.3 Å². The zero-order chi connectivity index (χ0) is 19.3. The zero-order valence-electron chi connectivity index (χ0n) is 16.9. The summed E-state index contributed by atoms with van der Waals surface area (Å²) in [5.74, 6) is 0. The molecule has 0 saturated heterocycles. The predicted molar refractivity (Wildman–Crippen MR) is 119 cm³/mol. The Morgan fingerprint density at radius 2 is 1.07 bits per heavy atom. The molecule has 0 spiro atoms. The monoisotopic (exact) mass is 360 g/mol. The van der Waals surface area contributed by atoms with Gasteiger partial charge in [0.25, 0.3) is 0 Å². The van der Waals surface area contributed by atoms with Crippen molar-refractivity contribution >= 4 is 10.8 Å². The van der Waals surface area contributed by atoms with Crippen LogP contribution in [0.15, 0.2) is 72.8 Å². The van der Waals surface area contributed by atoms with Gasteiger partial charge in [-0.1, -0.05) is 94.4 Å². The molecule has 0 saturated carbocycles. The first-order valence-electron chi connectivity index (χ1n) is 10.2. The number of fused-ring (bicyclic) bond motifs is 6. The van der Waals surface area contributed by atoms with Crippen molar-refractivity contribution in [3.05, 3.63) is 95.1 Å². The Morgan fingerprint density at radius 3 is 1.79 bits per heavy atom. The maximum atomic E-state index is 2.48. The average molecular weight is 361 g/mol. The van der Waals surface area contributed by atoms with Gasteiger partial charge in [0.15, 0.2) is 0 Å². The van der Waals surface area contributed by atoms with Gasteiger partial charge in [-0.15, -0.1) is 0 Å². The van der Waals surface area contributed by atoms with E-state index in [0.717, 1.165) is 0 Å². The van der Waals surface area contributed by atoms with Crippen LogP contribution in [-0.4, -0.2) is 0 Å². The van der Waals surface area contributed by atoms with Crippen molar-refractivity contribution in [2.75, 3.05) is 0 Å². The summed E-state index contributed by atoms with van der Waals surface area (Å²) in [5, 5.41) is 2.87. The fourth-order valence-electron chi connectivity index (χ4n) is 5.91. The molecule has 6 rings (SSSR count). The van der Waals surface area contributed by atoms with Crippen LogP contribution in [0.2, 0.25) is 0 Å². The van der Waals surface area contributed by atoms with E-state index in [-0.39, 0.29) is 10.8 Å². The number of hydrogen-bond donors (Lipinski definition) is 0. The first kappa shape index (κ1) is 16.1. The molecule has 4 aromatic carbocycles. The molecule has 0 fully saturated rings. The van der Waals surface area contributed by atoms with Gasteiger partial charge in [-0.05, 0) is 61.3 Å². The fraction of sp³-hybridized carbons (Fsp3) is 0.214. The third kappa shape index (κ3) is 1.72. The molecule has 0 heterocycles. The third-order valence-electron chi connectivity index (χ3n) is 7.24. The highest BCUT2D eigenvalue weighted by Crippen LogP contribution is 2.56. The summed E-state index contributed by atoms with van der Waals surface area (Å²) in [6, 6.07) is 27.3. The molecular formula is C28H24. The minimum Gasteiger partial charge on any atom is -0.0619 e. The molecule has 28 heavy (non-hydrogen) atoms. The molecule has 2 aliphatic carbocycles. The van der Waals surface area contributed by atoms with Crippen LogP contribution >= 0.6 is 0 Å². The summed E-state index contributed by atoms with van der Waals surface area (Å²) in [5.41, 5.74) is 11.4. The molecular weight excluding hydrogens is 336 g/mol. The Labute approximate surface area is 166 Å². The third-order valence-corrected chi connectivity index (χ3v) is 7.24. The summed E-state index contributed by atoms with van der Waals surface area (Å²) >= 11 is 0. The van der Waals surface area contributed by atoms with Gasteiger partial charge < -0.3 is 0 Å². The molecule has 0 unspecified atom stereocenters. The lowest BCUT2D eigenvalue weighted by Gasteiger charge is -2.36. The van der Waals surface area contributed by atoms with Gasteiger partial charge >= 0.3 is 0 Å². The van der Waals surface area contributed by atoms with Crippen molar-refractivity contribution in [2.45, 2.75) is 38.5 Å². The normalized spacial score (nSPS) is 17.1. The second kappa shape index (κ2) is 4.94. The highest BCUT2D eigenvalue weighted by Gasteiger charge is 2.40. The Morgan fingerprint density at radius 1 is 0.500 bits per heavy atom. The van der Waals surface area contributed by atoms with E-state index in [9.17, 15) is 0 Å². The first-order chi connectivity index (χ1) is 13.4. The fourth-order valence-corrected chi connectivity index (χ4v) is 5.91. The molecule has 136 valence electrons. The van der Waals surface area contributed by atoms with Crippen LogP contribution < -0.4 is 0 Å². The molecule has 4 aromatic rings. The quantitative estimate of drug-likeness (QED) is 0.305. The molecule has 2 aliphatic rings. The van der Waals surface area contributed by atoms with E-state index in [0.29, 0.717) is 0 Å². The smallest absolute Gasteiger partial charge is 0.0165 e. The summed E-state index contributed by atoms with van der Waals surface area (Å²) in [7, 11) is 0. The van der Waals surface area contributed by atoms with Crippen LogP contribution in [0.4, 0.5) is 0 Å². The molecule has 0 N–H and O–H groups in total. The minimum atomic E-state index is 0.00688. The van der Waals surface area contributed by atoms with Crippen molar-refractivity contribution in [1.82, 2.24) is 0 Å². The molecule has 0 atom stereocenters. The van der Waals surface area contributed by atoms with Gasteiger partial charge in [-0.2, -0.15) is 0 Å². The predicted octanol–water partition coefficient (Wildman–Crippen LogP) is 7.45. The lowest BCUT2D eigenvalue weighted by Crippen LogP contribution is -2.24. The van der Waals surface area contributed by atoms with E-state index in [1.807, 2.05) is 0 Å². The van der Waals surface area contributed by atoms with Crippen molar-refractivity contribution in [2.24, 2.45) is 0 Å². The molecule has 0 aliphatic heterocycles. The van der Waals surface area contributed by atoms with Crippen LogP contribution in [0.1, 0.15) is 49.9 Å². The largest absolute Gasteiger partial charge is 0.0619 e. The number of hydrogen-bond acceptors (Lipinski definition) is 0. The van der Waals surface area contributed by atoms with E-state index >= 15 is 0 Å². The zero-order valence-corrected chi connectivity index (χ0v) is 16.9. The topological polar surface area (TPSA) is 0 Å². The van der Waals surface area contributed by atoms with Gasteiger partial charge in [-0.25, -0.2) is 0 Å². The summed E-state index contributed by atoms with van der Waals surface area (Å²) in [6.45, 7) is 9.51. The van der Waals surface area contributed by atoms with Crippen LogP contribution in [0.5, 0.6) is 0 Å². The maximum absolute atomic E-state index is 2.48. The van der Waals surface area contributed by atoms with Gasteiger partial charge in [0.05, 0.1) is 0 Å². The first-order valence-corrected chi connectivity index (χ1v) is 10.2. The molecule has 0 amide bonds.